The fourth-order valence-corrected chi connectivity index (χ4v) is 7.25. The zero-order chi connectivity index (χ0) is 38.2. The van der Waals surface area contributed by atoms with Gasteiger partial charge in [0.25, 0.3) is 5.56 Å². The topological polar surface area (TPSA) is 177 Å². The molecule has 2 heterocycles. The minimum atomic E-state index is -2.09. The number of aliphatic hydroxyl groups excluding tert-OH is 1. The third kappa shape index (κ3) is 6.22. The number of ketones is 2. The average molecular weight is 748 g/mol. The molecule has 3 aromatic carbocycles. The summed E-state index contributed by atoms with van der Waals surface area (Å²) in [6.45, 7) is 1.54. The van der Waals surface area contributed by atoms with Gasteiger partial charge in [0.05, 0.1) is 53.5 Å². The highest BCUT2D eigenvalue weighted by Gasteiger charge is 2.61. The van der Waals surface area contributed by atoms with E-state index in [0.717, 1.165) is 0 Å². The number of nitrogens with zero attached hydrogens (tertiary/aromatic N) is 1. The van der Waals surface area contributed by atoms with Crippen LogP contribution in [0, 0.1) is 5.92 Å². The van der Waals surface area contributed by atoms with Gasteiger partial charge in [0.2, 0.25) is 23.0 Å². The van der Waals surface area contributed by atoms with Crippen molar-refractivity contribution in [3.05, 3.63) is 98.1 Å². The quantitative estimate of drug-likeness (QED) is 0.176. The predicted molar refractivity (Wildman–Crippen MR) is 192 cm³/mol. The van der Waals surface area contributed by atoms with Crippen LogP contribution in [0.3, 0.4) is 0 Å². The van der Waals surface area contributed by atoms with Gasteiger partial charge in [0.1, 0.15) is 22.1 Å². The fourth-order valence-electron chi connectivity index (χ4n) is 6.98. The van der Waals surface area contributed by atoms with E-state index in [2.05, 4.69) is 10.4 Å². The van der Waals surface area contributed by atoms with Crippen molar-refractivity contribution in [1.82, 2.24) is 15.1 Å². The van der Waals surface area contributed by atoms with Crippen molar-refractivity contribution >= 4 is 29.1 Å². The number of amides is 1. The first kappa shape index (κ1) is 36.9. The Labute approximate surface area is 309 Å². The number of hydrogen-bond acceptors (Lipinski definition) is 11. The lowest BCUT2D eigenvalue weighted by Gasteiger charge is -2.38. The third-order valence-corrected chi connectivity index (χ3v) is 9.96. The molecule has 3 N–H and O–H groups in total. The second-order valence-corrected chi connectivity index (χ2v) is 12.9. The van der Waals surface area contributed by atoms with Gasteiger partial charge >= 0.3 is 0 Å². The maximum absolute atomic E-state index is 14.5. The number of aromatic amines is 1. The minimum Gasteiger partial charge on any atom is -0.507 e. The molecule has 1 unspecified atom stereocenters. The van der Waals surface area contributed by atoms with Crippen LogP contribution in [0.25, 0.3) is 5.69 Å². The van der Waals surface area contributed by atoms with Gasteiger partial charge in [0.15, 0.2) is 28.8 Å². The Kier molecular flexibility index (Phi) is 10.2. The Morgan fingerprint density at radius 1 is 0.962 bits per heavy atom. The number of Topliss-reactive ketones (excluding diaryl/α,β-unsaturated/α-hetero) is 2. The van der Waals surface area contributed by atoms with Gasteiger partial charge in [-0.3, -0.25) is 24.3 Å². The first-order valence-electron chi connectivity index (χ1n) is 16.5. The van der Waals surface area contributed by atoms with E-state index in [9.17, 15) is 24.3 Å². The summed E-state index contributed by atoms with van der Waals surface area (Å²) in [6.07, 6.45) is -0.621. The average Bonchev–Trinajstić information content (AvgIpc) is 3.70. The lowest BCUT2D eigenvalue weighted by atomic mass is 9.69. The van der Waals surface area contributed by atoms with E-state index in [0.29, 0.717) is 16.9 Å². The van der Waals surface area contributed by atoms with Gasteiger partial charge < -0.3 is 38.8 Å². The molecule has 0 fully saturated rings. The second-order valence-electron chi connectivity index (χ2n) is 12.5. The minimum absolute atomic E-state index is 0.0216. The van der Waals surface area contributed by atoms with E-state index in [4.69, 9.17) is 40.0 Å². The molecule has 1 aliphatic heterocycles. The van der Waals surface area contributed by atoms with Gasteiger partial charge in [0, 0.05) is 42.4 Å². The smallest absolute Gasteiger partial charge is 0.271 e. The molecule has 1 aliphatic carbocycles. The number of halogens is 1. The lowest BCUT2D eigenvalue weighted by Crippen LogP contribution is -2.53. The molecule has 14 nitrogen and oxygen atoms in total. The lowest BCUT2D eigenvalue weighted by molar-refractivity contribution is -0.122. The number of carbonyl (C=O) groups excluding carboxylic acids is 3. The van der Waals surface area contributed by atoms with Gasteiger partial charge in [-0.2, -0.15) is 0 Å². The number of methoxy groups -OCH3 is 5. The Balaban J connectivity index is 1.44. The highest BCUT2D eigenvalue weighted by Crippen LogP contribution is 2.56. The molecule has 1 spiro atoms. The number of allylic oxidation sites excluding steroid dienone is 1. The predicted octanol–water partition coefficient (Wildman–Crippen LogP) is 5.09. The summed E-state index contributed by atoms with van der Waals surface area (Å²) in [4.78, 5) is 55.1. The standard InChI is InChI=1S/C38H38ClN3O11/c1-19-12-24(43)31(36(46)38(19)37(47)32-25(48-2)17-26(49-3)33(39)35(32)53-38)23(20-13-27(50-4)34(52-6)28(14-20)51-5)16-29(44)40-18-21-15-30(45)42(41-21)22-10-8-7-9-11-22/h7-11,13-15,17,19,23,41,46H,12,16,18H2,1-6H3,(H,40,44)/t19-,23?,38+/m1/s1. The Morgan fingerprint density at radius 2 is 1.60 bits per heavy atom. The molecule has 0 bridgehead atoms. The molecule has 1 amide bonds. The first-order chi connectivity index (χ1) is 25.4. The van der Waals surface area contributed by atoms with Crippen molar-refractivity contribution < 1.29 is 47.9 Å². The summed E-state index contributed by atoms with van der Waals surface area (Å²) in [5, 5.41) is 18.0. The highest BCUT2D eigenvalue weighted by molar-refractivity contribution is 6.35. The van der Waals surface area contributed by atoms with E-state index in [1.54, 1.807) is 43.3 Å². The number of carbonyl (C=O) groups is 3. The second kappa shape index (κ2) is 14.6. The van der Waals surface area contributed by atoms with Crippen molar-refractivity contribution in [3.63, 3.8) is 0 Å². The summed E-state index contributed by atoms with van der Waals surface area (Å²) in [7, 11) is 7.01. The molecule has 53 heavy (non-hydrogen) atoms. The van der Waals surface area contributed by atoms with Crippen LogP contribution in [0.5, 0.6) is 34.5 Å². The molecular formula is C38H38ClN3O11. The maximum Gasteiger partial charge on any atom is 0.271 e. The van der Waals surface area contributed by atoms with Gasteiger partial charge in [-0.15, -0.1) is 0 Å². The van der Waals surface area contributed by atoms with Crippen molar-refractivity contribution in [1.29, 1.82) is 0 Å². The van der Waals surface area contributed by atoms with E-state index < -0.39 is 47.1 Å². The Bertz CT molecular complexity index is 2170. The summed E-state index contributed by atoms with van der Waals surface area (Å²) >= 11 is 6.63. The Morgan fingerprint density at radius 3 is 2.21 bits per heavy atom. The molecular weight excluding hydrogens is 710 g/mol. The van der Waals surface area contributed by atoms with Crippen LogP contribution in [0.1, 0.15) is 47.3 Å². The van der Waals surface area contributed by atoms with Crippen molar-refractivity contribution in [2.75, 3.05) is 35.5 Å². The van der Waals surface area contributed by atoms with Crippen LogP contribution >= 0.6 is 11.6 Å². The number of H-pyrrole nitrogens is 1. The number of ether oxygens (including phenoxy) is 6. The third-order valence-electron chi connectivity index (χ3n) is 9.60. The van der Waals surface area contributed by atoms with Crippen molar-refractivity contribution in [2.24, 2.45) is 5.92 Å². The number of benzene rings is 3. The first-order valence-corrected chi connectivity index (χ1v) is 16.9. The molecule has 6 rings (SSSR count). The maximum atomic E-state index is 14.5. The molecule has 15 heteroatoms. The van der Waals surface area contributed by atoms with E-state index >= 15 is 0 Å². The molecule has 0 radical (unpaired) electrons. The molecule has 3 atom stereocenters. The van der Waals surface area contributed by atoms with Crippen LogP contribution in [-0.4, -0.2) is 73.5 Å². The molecule has 4 aromatic rings. The number of aromatic nitrogens is 2. The van der Waals surface area contributed by atoms with E-state index in [1.165, 1.54) is 52.4 Å². The van der Waals surface area contributed by atoms with Crippen LogP contribution in [0.2, 0.25) is 5.02 Å². The number of aliphatic hydroxyl groups is 1. The van der Waals surface area contributed by atoms with Crippen LogP contribution < -0.4 is 39.3 Å². The zero-order valence-electron chi connectivity index (χ0n) is 29.8. The normalized spacial score (nSPS) is 18.4. The zero-order valence-corrected chi connectivity index (χ0v) is 30.6. The number of nitrogens with one attached hydrogen (secondary N) is 2. The van der Waals surface area contributed by atoms with Crippen LogP contribution in [0.4, 0.5) is 0 Å². The summed E-state index contributed by atoms with van der Waals surface area (Å²) < 4.78 is 35.2. The largest absolute Gasteiger partial charge is 0.507 e. The van der Waals surface area contributed by atoms with Crippen molar-refractivity contribution in [3.8, 4) is 40.2 Å². The number of hydrogen-bond donors (Lipinski definition) is 3. The van der Waals surface area contributed by atoms with Crippen molar-refractivity contribution in [2.45, 2.75) is 37.8 Å². The molecule has 0 saturated heterocycles. The van der Waals surface area contributed by atoms with E-state index in [-0.39, 0.29) is 69.2 Å². The Hall–Kier alpha value is -5.89. The highest BCUT2D eigenvalue weighted by atomic mass is 35.5. The van der Waals surface area contributed by atoms with Gasteiger partial charge in [-0.25, -0.2) is 4.68 Å². The summed E-state index contributed by atoms with van der Waals surface area (Å²) in [5.41, 5.74) is -1.30. The number of rotatable bonds is 12. The molecule has 278 valence electrons. The van der Waals surface area contributed by atoms with Gasteiger partial charge in [-0.1, -0.05) is 36.7 Å². The molecule has 0 saturated carbocycles. The SMILES string of the molecule is COc1cc(OC)c2c(c1Cl)O[C@]1(C2=O)C(O)=C(C(CC(=O)NCc2cc(=O)n(-c3ccccc3)[nH]2)c2cc(OC)c(OC)c(OC)c2)C(=O)C[C@H]1C. The number of para-hydroxylation sites is 1. The number of fused-ring (bicyclic) bond motifs is 1. The van der Waals surface area contributed by atoms with Gasteiger partial charge in [-0.05, 0) is 29.8 Å². The fraction of sp³-hybridized carbons (Fsp3) is 0.316. The van der Waals surface area contributed by atoms with E-state index in [1.807, 2.05) is 6.07 Å². The summed E-state index contributed by atoms with van der Waals surface area (Å²) in [6, 6.07) is 14.9. The molecule has 1 aromatic heterocycles. The molecule has 2 aliphatic rings. The van der Waals surface area contributed by atoms with Crippen LogP contribution in [-0.2, 0) is 16.1 Å². The van der Waals surface area contributed by atoms with Crippen LogP contribution in [0.15, 0.2) is 70.7 Å². The summed E-state index contributed by atoms with van der Waals surface area (Å²) in [5.74, 6) is -3.54. The monoisotopic (exact) mass is 747 g/mol.